The molecule has 1 heterocycles. The molecule has 2 nitrogen and oxygen atoms in total. The topological polar surface area (TPSA) is 29.3 Å². The van der Waals surface area contributed by atoms with Crippen LogP contribution in [-0.4, -0.2) is 24.0 Å². The van der Waals surface area contributed by atoms with E-state index in [0.717, 1.165) is 18.5 Å². The Morgan fingerprint density at radius 2 is 2.06 bits per heavy atom. The van der Waals surface area contributed by atoms with Crippen LogP contribution in [0.25, 0.3) is 0 Å². The maximum Gasteiger partial charge on any atom is 0.123 e. The van der Waals surface area contributed by atoms with Crippen LogP contribution in [0, 0.1) is 5.82 Å². The normalized spacial score (nSPS) is 22.9. The first kappa shape index (κ1) is 13.5. The smallest absolute Gasteiger partial charge is 0.123 e. The lowest BCUT2D eigenvalue weighted by atomic mass is 10.0. The summed E-state index contributed by atoms with van der Waals surface area (Å²) >= 11 is 0. The average molecular weight is 250 g/mol. The van der Waals surface area contributed by atoms with Crippen LogP contribution in [-0.2, 0) is 0 Å². The van der Waals surface area contributed by atoms with Gasteiger partial charge < -0.3 is 10.6 Å². The summed E-state index contributed by atoms with van der Waals surface area (Å²) in [7, 11) is 0. The van der Waals surface area contributed by atoms with Gasteiger partial charge in [0.05, 0.1) is 0 Å². The van der Waals surface area contributed by atoms with Crippen molar-refractivity contribution in [3.8, 4) is 0 Å². The van der Waals surface area contributed by atoms with E-state index in [2.05, 4.69) is 11.8 Å². The van der Waals surface area contributed by atoms with Crippen molar-refractivity contribution in [1.29, 1.82) is 0 Å². The Hall–Kier alpha value is -0.930. The molecule has 1 saturated heterocycles. The molecule has 2 unspecified atom stereocenters. The molecule has 1 fully saturated rings. The minimum absolute atomic E-state index is 0.0136. The largest absolute Gasteiger partial charge is 0.324 e. The molecule has 0 spiro atoms. The Kier molecular flexibility index (Phi) is 4.72. The van der Waals surface area contributed by atoms with Crippen LogP contribution in [0.2, 0.25) is 0 Å². The van der Waals surface area contributed by atoms with Gasteiger partial charge in [0, 0.05) is 18.6 Å². The lowest BCUT2D eigenvalue weighted by Gasteiger charge is -2.34. The second-order valence-electron chi connectivity index (χ2n) is 5.33. The highest BCUT2D eigenvalue weighted by atomic mass is 19.1. The fourth-order valence-corrected chi connectivity index (χ4v) is 2.67. The Morgan fingerprint density at radius 3 is 2.72 bits per heavy atom. The molecule has 0 amide bonds. The van der Waals surface area contributed by atoms with Crippen LogP contribution < -0.4 is 5.73 Å². The van der Waals surface area contributed by atoms with Crippen LogP contribution >= 0.6 is 0 Å². The van der Waals surface area contributed by atoms with E-state index >= 15 is 0 Å². The first-order chi connectivity index (χ1) is 8.66. The van der Waals surface area contributed by atoms with Crippen molar-refractivity contribution in [1.82, 2.24) is 4.90 Å². The number of halogens is 1. The van der Waals surface area contributed by atoms with Gasteiger partial charge in [0.1, 0.15) is 5.82 Å². The maximum absolute atomic E-state index is 12.8. The second-order valence-corrected chi connectivity index (χ2v) is 5.33. The molecule has 0 aromatic heterocycles. The van der Waals surface area contributed by atoms with Crippen molar-refractivity contribution in [2.75, 3.05) is 13.1 Å². The third-order valence-corrected chi connectivity index (χ3v) is 3.97. The zero-order chi connectivity index (χ0) is 13.0. The molecule has 1 aromatic carbocycles. The molecule has 1 aliphatic rings. The molecular weight excluding hydrogens is 227 g/mol. The minimum atomic E-state index is -0.199. The summed E-state index contributed by atoms with van der Waals surface area (Å²) in [6.45, 7) is 4.53. The van der Waals surface area contributed by atoms with Crippen molar-refractivity contribution in [2.45, 2.75) is 44.7 Å². The Balaban J connectivity index is 1.83. The Bertz CT molecular complexity index is 363. The minimum Gasteiger partial charge on any atom is -0.324 e. The summed E-state index contributed by atoms with van der Waals surface area (Å²) in [5.74, 6) is -0.199. The fraction of sp³-hybridized carbons (Fsp3) is 0.600. The van der Waals surface area contributed by atoms with Crippen molar-refractivity contribution in [2.24, 2.45) is 5.73 Å². The summed E-state index contributed by atoms with van der Waals surface area (Å²) in [4.78, 5) is 2.52. The Morgan fingerprint density at radius 1 is 1.33 bits per heavy atom. The number of rotatable bonds is 4. The Labute approximate surface area is 109 Å². The number of hydrogen-bond donors (Lipinski definition) is 1. The van der Waals surface area contributed by atoms with Gasteiger partial charge in [-0.2, -0.15) is 0 Å². The highest BCUT2D eigenvalue weighted by Crippen LogP contribution is 2.20. The monoisotopic (exact) mass is 250 g/mol. The number of hydrogen-bond acceptors (Lipinski definition) is 2. The van der Waals surface area contributed by atoms with Gasteiger partial charge in [0.15, 0.2) is 0 Å². The number of nitrogens with zero attached hydrogens (tertiary/aromatic N) is 1. The molecule has 0 bridgehead atoms. The molecule has 2 rings (SSSR count). The number of piperidine rings is 1. The third kappa shape index (κ3) is 3.53. The second kappa shape index (κ2) is 6.30. The molecule has 100 valence electrons. The zero-order valence-corrected chi connectivity index (χ0v) is 11.1. The highest BCUT2D eigenvalue weighted by molar-refractivity contribution is 5.19. The molecule has 18 heavy (non-hydrogen) atoms. The van der Waals surface area contributed by atoms with E-state index in [0.29, 0.717) is 6.04 Å². The quantitative estimate of drug-likeness (QED) is 0.889. The number of nitrogens with two attached hydrogens (primary N) is 1. The van der Waals surface area contributed by atoms with E-state index < -0.39 is 0 Å². The molecule has 1 aliphatic heterocycles. The van der Waals surface area contributed by atoms with Gasteiger partial charge in [-0.1, -0.05) is 18.6 Å². The first-order valence-corrected chi connectivity index (χ1v) is 6.92. The van der Waals surface area contributed by atoms with Gasteiger partial charge in [-0.15, -0.1) is 0 Å². The van der Waals surface area contributed by atoms with Crippen LogP contribution in [0.3, 0.4) is 0 Å². The molecule has 0 saturated carbocycles. The zero-order valence-electron chi connectivity index (χ0n) is 11.1. The van der Waals surface area contributed by atoms with E-state index in [1.165, 1.54) is 37.9 Å². The molecule has 3 heteroatoms. The van der Waals surface area contributed by atoms with Crippen molar-refractivity contribution in [3.63, 3.8) is 0 Å². The average Bonchev–Trinajstić information content (AvgIpc) is 2.38. The van der Waals surface area contributed by atoms with Gasteiger partial charge in [-0.25, -0.2) is 4.39 Å². The summed E-state index contributed by atoms with van der Waals surface area (Å²) < 4.78 is 12.8. The van der Waals surface area contributed by atoms with E-state index in [-0.39, 0.29) is 11.9 Å². The molecule has 2 atom stereocenters. The SMILES string of the molecule is CC1CCCCN1CCC(N)c1ccc(F)cc1. The van der Waals surface area contributed by atoms with Crippen molar-refractivity contribution < 1.29 is 4.39 Å². The number of benzene rings is 1. The fourth-order valence-electron chi connectivity index (χ4n) is 2.67. The number of likely N-dealkylation sites (tertiary alicyclic amines) is 1. The van der Waals surface area contributed by atoms with Gasteiger partial charge in [-0.3, -0.25) is 0 Å². The molecular formula is C15H23FN2. The van der Waals surface area contributed by atoms with E-state index in [1.54, 1.807) is 12.1 Å². The van der Waals surface area contributed by atoms with Gasteiger partial charge in [0.25, 0.3) is 0 Å². The molecule has 1 aromatic rings. The highest BCUT2D eigenvalue weighted by Gasteiger charge is 2.18. The summed E-state index contributed by atoms with van der Waals surface area (Å²) in [6.07, 6.45) is 4.89. The summed E-state index contributed by atoms with van der Waals surface area (Å²) in [5.41, 5.74) is 7.19. The van der Waals surface area contributed by atoms with Gasteiger partial charge >= 0.3 is 0 Å². The summed E-state index contributed by atoms with van der Waals surface area (Å²) in [5, 5.41) is 0. The van der Waals surface area contributed by atoms with E-state index in [4.69, 9.17) is 5.73 Å². The van der Waals surface area contributed by atoms with Gasteiger partial charge in [-0.05, 0) is 50.4 Å². The van der Waals surface area contributed by atoms with Crippen LogP contribution in [0.1, 0.15) is 44.2 Å². The van der Waals surface area contributed by atoms with E-state index in [1.807, 2.05) is 0 Å². The lowest BCUT2D eigenvalue weighted by Crippen LogP contribution is -2.38. The van der Waals surface area contributed by atoms with Crippen LogP contribution in [0.15, 0.2) is 24.3 Å². The van der Waals surface area contributed by atoms with Crippen molar-refractivity contribution >= 4 is 0 Å². The first-order valence-electron chi connectivity index (χ1n) is 6.92. The van der Waals surface area contributed by atoms with Crippen molar-refractivity contribution in [3.05, 3.63) is 35.6 Å². The predicted molar refractivity (Wildman–Crippen MR) is 72.8 cm³/mol. The van der Waals surface area contributed by atoms with Crippen LogP contribution in [0.4, 0.5) is 4.39 Å². The molecule has 0 aliphatic carbocycles. The standard InChI is InChI=1S/C15H23FN2/c1-12-4-2-3-10-18(12)11-9-15(17)13-5-7-14(16)8-6-13/h5-8,12,15H,2-4,9-11,17H2,1H3. The lowest BCUT2D eigenvalue weighted by molar-refractivity contribution is 0.155. The van der Waals surface area contributed by atoms with Gasteiger partial charge in [0.2, 0.25) is 0 Å². The molecule has 2 N–H and O–H groups in total. The van der Waals surface area contributed by atoms with Crippen LogP contribution in [0.5, 0.6) is 0 Å². The van der Waals surface area contributed by atoms with E-state index in [9.17, 15) is 4.39 Å². The third-order valence-electron chi connectivity index (χ3n) is 3.97. The molecule has 0 radical (unpaired) electrons. The summed E-state index contributed by atoms with van der Waals surface area (Å²) in [6, 6.07) is 7.25. The predicted octanol–water partition coefficient (Wildman–Crippen LogP) is 3.09. The maximum atomic E-state index is 12.8.